The molecule has 4 aromatic rings. The minimum atomic E-state index is -0.940. The lowest BCUT2D eigenvalue weighted by Crippen LogP contribution is -2.50. The molecule has 0 spiro atoms. The molecular formula is C27H18ClN5O3. The number of para-hydroxylation sites is 2. The number of fused-ring (bicyclic) bond motifs is 6. The van der Waals surface area contributed by atoms with Crippen LogP contribution in [0.3, 0.4) is 0 Å². The van der Waals surface area contributed by atoms with Crippen molar-refractivity contribution < 1.29 is 14.4 Å². The van der Waals surface area contributed by atoms with Gasteiger partial charge >= 0.3 is 0 Å². The molecule has 0 bridgehead atoms. The van der Waals surface area contributed by atoms with Crippen LogP contribution < -0.4 is 9.80 Å². The fraction of sp³-hybridized carbons (Fsp3) is 0.148. The zero-order chi connectivity index (χ0) is 24.6. The normalized spacial score (nSPS) is 24.2. The molecule has 2 amide bonds. The predicted molar refractivity (Wildman–Crippen MR) is 135 cm³/mol. The molecule has 9 heteroatoms. The quantitative estimate of drug-likeness (QED) is 0.393. The Hall–Kier alpha value is -4.30. The first kappa shape index (κ1) is 21.0. The Morgan fingerprint density at radius 2 is 1.58 bits per heavy atom. The molecule has 3 aliphatic heterocycles. The Balaban J connectivity index is 1.39. The summed E-state index contributed by atoms with van der Waals surface area (Å²) in [5.74, 6) is -2.74. The van der Waals surface area contributed by atoms with Gasteiger partial charge in [-0.15, -0.1) is 5.10 Å². The minimum absolute atomic E-state index is 0.329. The molecule has 3 aliphatic rings. The predicted octanol–water partition coefficient (Wildman–Crippen LogP) is 3.81. The molecular weight excluding hydrogens is 478 g/mol. The van der Waals surface area contributed by atoms with Gasteiger partial charge in [0.05, 0.1) is 29.1 Å². The average molecular weight is 496 g/mol. The number of anilines is 2. The SMILES string of the molecule is O=C1[C@@H]2[C@H](C(=O)N1c1ccc(Cl)cc1)[C@H](C(=O)n1nnc3ccccc31)N1c3ccccc3C=C[C@@H]21. The van der Waals surface area contributed by atoms with E-state index < -0.39 is 35.7 Å². The van der Waals surface area contributed by atoms with E-state index in [0.717, 1.165) is 11.3 Å². The van der Waals surface area contributed by atoms with Gasteiger partial charge in [-0.05, 0) is 48.0 Å². The summed E-state index contributed by atoms with van der Waals surface area (Å²) in [4.78, 5) is 45.0. The fourth-order valence-electron chi connectivity index (χ4n) is 5.80. The maximum atomic E-state index is 14.2. The van der Waals surface area contributed by atoms with Crippen molar-refractivity contribution in [1.82, 2.24) is 15.0 Å². The van der Waals surface area contributed by atoms with E-state index in [4.69, 9.17) is 11.6 Å². The second-order valence-corrected chi connectivity index (χ2v) is 9.57. The molecule has 1 aromatic heterocycles. The van der Waals surface area contributed by atoms with Crippen LogP contribution in [0.25, 0.3) is 17.1 Å². The van der Waals surface area contributed by atoms with E-state index in [1.165, 1.54) is 9.58 Å². The standard InChI is InChI=1S/C27H18ClN5O3/c28-16-10-12-17(13-11-16)31-25(34)22-21-14-9-15-5-1-3-7-19(15)32(21)24(23(22)26(31)35)27(36)33-20-8-4-2-6-18(20)29-30-33/h1-14,21-24H/t21-,22-,23-,24+/m0/s1. The van der Waals surface area contributed by atoms with E-state index in [1.807, 2.05) is 47.4 Å². The molecule has 8 nitrogen and oxygen atoms in total. The van der Waals surface area contributed by atoms with Crippen molar-refractivity contribution in [3.8, 4) is 0 Å². The number of benzene rings is 3. The van der Waals surface area contributed by atoms with Crippen molar-refractivity contribution in [2.45, 2.75) is 12.1 Å². The molecule has 7 rings (SSSR count). The number of carbonyl (C=O) groups is 3. The average Bonchev–Trinajstić information content (AvgIpc) is 3.56. The van der Waals surface area contributed by atoms with Crippen LogP contribution in [0.1, 0.15) is 10.4 Å². The number of hydrogen-bond acceptors (Lipinski definition) is 6. The molecule has 176 valence electrons. The zero-order valence-electron chi connectivity index (χ0n) is 18.7. The molecule has 0 saturated carbocycles. The van der Waals surface area contributed by atoms with Crippen LogP contribution in [0, 0.1) is 11.8 Å². The van der Waals surface area contributed by atoms with Gasteiger partial charge in [-0.1, -0.05) is 59.3 Å². The van der Waals surface area contributed by atoms with Gasteiger partial charge in [0.2, 0.25) is 11.8 Å². The molecule has 3 aromatic carbocycles. The monoisotopic (exact) mass is 495 g/mol. The Kier molecular flexibility index (Phi) is 4.44. The maximum Gasteiger partial charge on any atom is 0.272 e. The molecule has 0 N–H and O–H groups in total. The highest BCUT2D eigenvalue weighted by Gasteiger charge is 2.64. The number of aromatic nitrogens is 3. The van der Waals surface area contributed by atoms with Gasteiger partial charge in [0, 0.05) is 10.7 Å². The molecule has 2 saturated heterocycles. The van der Waals surface area contributed by atoms with Crippen LogP contribution in [-0.2, 0) is 9.59 Å². The van der Waals surface area contributed by atoms with Crippen molar-refractivity contribution in [1.29, 1.82) is 0 Å². The minimum Gasteiger partial charge on any atom is -0.351 e. The number of halogens is 1. The van der Waals surface area contributed by atoms with Crippen LogP contribution in [0.5, 0.6) is 0 Å². The van der Waals surface area contributed by atoms with E-state index in [9.17, 15) is 14.4 Å². The van der Waals surface area contributed by atoms with Crippen molar-refractivity contribution in [3.63, 3.8) is 0 Å². The van der Waals surface area contributed by atoms with Gasteiger partial charge in [0.25, 0.3) is 5.91 Å². The van der Waals surface area contributed by atoms with Crippen LogP contribution in [-0.4, -0.2) is 44.8 Å². The molecule has 4 atom stereocenters. The van der Waals surface area contributed by atoms with E-state index >= 15 is 0 Å². The smallest absolute Gasteiger partial charge is 0.272 e. The lowest BCUT2D eigenvalue weighted by Gasteiger charge is -2.36. The zero-order valence-corrected chi connectivity index (χ0v) is 19.5. The van der Waals surface area contributed by atoms with E-state index in [0.29, 0.717) is 21.7 Å². The van der Waals surface area contributed by atoms with E-state index in [1.54, 1.807) is 42.5 Å². The maximum absolute atomic E-state index is 14.2. The number of rotatable bonds is 2. The van der Waals surface area contributed by atoms with Gasteiger partial charge in [-0.2, -0.15) is 4.68 Å². The summed E-state index contributed by atoms with van der Waals surface area (Å²) >= 11 is 6.03. The summed E-state index contributed by atoms with van der Waals surface area (Å²) in [5.41, 5.74) is 3.29. The second-order valence-electron chi connectivity index (χ2n) is 9.13. The highest BCUT2D eigenvalue weighted by Crippen LogP contribution is 2.49. The summed E-state index contributed by atoms with van der Waals surface area (Å²) < 4.78 is 1.25. The Bertz CT molecular complexity index is 1610. The number of carbonyl (C=O) groups excluding carboxylic acids is 3. The third kappa shape index (κ3) is 2.79. The lowest BCUT2D eigenvalue weighted by atomic mass is 9.88. The van der Waals surface area contributed by atoms with Crippen LogP contribution in [0.15, 0.2) is 78.9 Å². The van der Waals surface area contributed by atoms with Gasteiger partial charge in [-0.3, -0.25) is 14.4 Å². The first-order chi connectivity index (χ1) is 17.5. The second kappa shape index (κ2) is 7.60. The molecule has 2 fully saturated rings. The highest BCUT2D eigenvalue weighted by molar-refractivity contribution is 6.31. The van der Waals surface area contributed by atoms with Crippen LogP contribution in [0.4, 0.5) is 11.4 Å². The largest absolute Gasteiger partial charge is 0.351 e. The first-order valence-corrected chi connectivity index (χ1v) is 12.0. The first-order valence-electron chi connectivity index (χ1n) is 11.6. The Morgan fingerprint density at radius 1 is 0.861 bits per heavy atom. The lowest BCUT2D eigenvalue weighted by molar-refractivity contribution is -0.122. The van der Waals surface area contributed by atoms with Crippen LogP contribution >= 0.6 is 11.6 Å². The van der Waals surface area contributed by atoms with Gasteiger partial charge in [0.1, 0.15) is 11.6 Å². The third-order valence-electron chi connectivity index (χ3n) is 7.31. The van der Waals surface area contributed by atoms with Gasteiger partial charge < -0.3 is 4.90 Å². The number of amides is 2. The van der Waals surface area contributed by atoms with E-state index in [2.05, 4.69) is 10.3 Å². The Morgan fingerprint density at radius 3 is 2.42 bits per heavy atom. The van der Waals surface area contributed by atoms with Crippen molar-refractivity contribution in [2.24, 2.45) is 11.8 Å². The van der Waals surface area contributed by atoms with Gasteiger partial charge in [-0.25, -0.2) is 4.90 Å². The molecule has 4 heterocycles. The van der Waals surface area contributed by atoms with Crippen molar-refractivity contribution >= 4 is 57.8 Å². The molecule has 0 aliphatic carbocycles. The topological polar surface area (TPSA) is 88.4 Å². The molecule has 0 unspecified atom stereocenters. The number of hydrogen-bond donors (Lipinski definition) is 0. The van der Waals surface area contributed by atoms with Gasteiger partial charge in [0.15, 0.2) is 0 Å². The molecule has 0 radical (unpaired) electrons. The summed E-state index contributed by atoms with van der Waals surface area (Å²) in [5, 5.41) is 8.76. The third-order valence-corrected chi connectivity index (χ3v) is 7.57. The number of nitrogens with zero attached hydrogens (tertiary/aromatic N) is 5. The molecule has 36 heavy (non-hydrogen) atoms. The number of imide groups is 1. The summed E-state index contributed by atoms with van der Waals surface area (Å²) in [6.45, 7) is 0. The fourth-order valence-corrected chi connectivity index (χ4v) is 5.92. The summed E-state index contributed by atoms with van der Waals surface area (Å²) in [6, 6.07) is 20.0. The van der Waals surface area contributed by atoms with Crippen molar-refractivity contribution in [3.05, 3.63) is 89.5 Å². The van der Waals surface area contributed by atoms with Crippen LogP contribution in [0.2, 0.25) is 5.02 Å². The van der Waals surface area contributed by atoms with E-state index in [-0.39, 0.29) is 5.91 Å². The Labute approximate surface area is 210 Å². The van der Waals surface area contributed by atoms with Crippen molar-refractivity contribution in [2.75, 3.05) is 9.80 Å². The summed E-state index contributed by atoms with van der Waals surface area (Å²) in [7, 11) is 0. The summed E-state index contributed by atoms with van der Waals surface area (Å²) in [6.07, 6.45) is 3.87. The highest BCUT2D eigenvalue weighted by atomic mass is 35.5.